The zero-order chi connectivity index (χ0) is 14.7. The van der Waals surface area contributed by atoms with E-state index >= 15 is 0 Å². The molecule has 1 atom stereocenters. The maximum absolute atomic E-state index is 12.3. The Balaban J connectivity index is 2.42. The number of carbonyl (C=O) groups excluding carboxylic acids is 1. The topological polar surface area (TPSA) is 65.5 Å². The lowest BCUT2D eigenvalue weighted by molar-refractivity contribution is 0.0698. The molecule has 106 valence electrons. The number of amides is 1. The van der Waals surface area contributed by atoms with Crippen LogP contribution < -0.4 is 5.32 Å². The number of nitrogens with one attached hydrogen (secondary N) is 1. The number of para-hydroxylation sites is 1. The van der Waals surface area contributed by atoms with Crippen molar-refractivity contribution >= 4 is 22.5 Å². The van der Waals surface area contributed by atoms with Crippen LogP contribution in [0.25, 0.3) is 10.9 Å². The first kappa shape index (κ1) is 14.3. The van der Waals surface area contributed by atoms with E-state index in [4.69, 9.17) is 0 Å². The fourth-order valence-electron chi connectivity index (χ4n) is 2.17. The number of aliphatic hydroxyl groups excluding tert-OH is 1. The number of aromatic nitrogens is 1. The molecule has 5 nitrogen and oxygen atoms in total. The molecule has 0 saturated carbocycles. The minimum Gasteiger partial charge on any atom is -0.392 e. The molecule has 0 radical (unpaired) electrons. The van der Waals surface area contributed by atoms with Crippen molar-refractivity contribution in [1.29, 1.82) is 0 Å². The molecule has 0 fully saturated rings. The predicted molar refractivity (Wildman–Crippen MR) is 79.9 cm³/mol. The number of rotatable bonds is 4. The Morgan fingerprint density at radius 3 is 2.80 bits per heavy atom. The normalized spacial score (nSPS) is 12.2. The van der Waals surface area contributed by atoms with Gasteiger partial charge in [-0.2, -0.15) is 0 Å². The number of pyridine rings is 1. The van der Waals surface area contributed by atoms with Crippen LogP contribution in [0, 0.1) is 0 Å². The first-order chi connectivity index (χ1) is 9.52. The third-order valence-electron chi connectivity index (χ3n) is 3.09. The summed E-state index contributed by atoms with van der Waals surface area (Å²) in [6, 6.07) is 9.40. The number of carbonyl (C=O) groups is 1. The number of fused-ring (bicyclic) bond motifs is 1. The quantitative estimate of drug-likeness (QED) is 0.890. The van der Waals surface area contributed by atoms with E-state index in [-0.39, 0.29) is 12.5 Å². The molecule has 1 aromatic heterocycles. The maximum Gasteiger partial charge on any atom is 0.272 e. The van der Waals surface area contributed by atoms with Gasteiger partial charge in [-0.1, -0.05) is 18.2 Å². The van der Waals surface area contributed by atoms with Crippen molar-refractivity contribution in [3.05, 3.63) is 36.0 Å². The van der Waals surface area contributed by atoms with Crippen LogP contribution in [0.5, 0.6) is 0 Å². The molecular formula is C15H19N3O2. The molecule has 20 heavy (non-hydrogen) atoms. The smallest absolute Gasteiger partial charge is 0.272 e. The van der Waals surface area contributed by atoms with Crippen LogP contribution in [0.1, 0.15) is 17.4 Å². The summed E-state index contributed by atoms with van der Waals surface area (Å²) in [6.45, 7) is 1.93. The van der Waals surface area contributed by atoms with Gasteiger partial charge in [0.05, 0.1) is 11.6 Å². The number of benzene rings is 1. The molecule has 1 aromatic carbocycles. The number of likely N-dealkylation sites (N-methyl/N-ethyl adjacent to an activating group) is 1. The van der Waals surface area contributed by atoms with E-state index in [2.05, 4.69) is 10.3 Å². The summed E-state index contributed by atoms with van der Waals surface area (Å²) in [4.78, 5) is 18.2. The SMILES string of the molecule is CNc1cc(C(=O)N(C)CC(C)O)nc2ccccc12. The van der Waals surface area contributed by atoms with E-state index in [0.717, 1.165) is 16.6 Å². The van der Waals surface area contributed by atoms with E-state index in [1.807, 2.05) is 31.3 Å². The first-order valence-corrected chi connectivity index (χ1v) is 6.54. The Kier molecular flexibility index (Phi) is 4.20. The average molecular weight is 273 g/mol. The largest absolute Gasteiger partial charge is 0.392 e. The third kappa shape index (κ3) is 2.88. The van der Waals surface area contributed by atoms with Gasteiger partial charge in [0.25, 0.3) is 5.91 Å². The minimum atomic E-state index is -0.562. The molecule has 1 amide bonds. The second-order valence-electron chi connectivity index (χ2n) is 4.86. The van der Waals surface area contributed by atoms with E-state index in [0.29, 0.717) is 5.69 Å². The lowest BCUT2D eigenvalue weighted by atomic mass is 10.1. The van der Waals surface area contributed by atoms with Crippen LogP contribution in [0.2, 0.25) is 0 Å². The average Bonchev–Trinajstić information content (AvgIpc) is 2.44. The van der Waals surface area contributed by atoms with Crippen molar-refractivity contribution in [1.82, 2.24) is 9.88 Å². The van der Waals surface area contributed by atoms with Crippen molar-refractivity contribution < 1.29 is 9.90 Å². The zero-order valence-corrected chi connectivity index (χ0v) is 11.9. The van der Waals surface area contributed by atoms with E-state index in [9.17, 15) is 9.90 Å². The zero-order valence-electron chi connectivity index (χ0n) is 11.9. The van der Waals surface area contributed by atoms with E-state index in [1.54, 1.807) is 20.0 Å². The van der Waals surface area contributed by atoms with Crippen molar-refractivity contribution in [2.45, 2.75) is 13.0 Å². The van der Waals surface area contributed by atoms with Gasteiger partial charge in [-0.3, -0.25) is 4.79 Å². The lowest BCUT2D eigenvalue weighted by Crippen LogP contribution is -2.33. The predicted octanol–water partition coefficient (Wildman–Crippen LogP) is 1.73. The second kappa shape index (κ2) is 5.88. The minimum absolute atomic E-state index is 0.201. The van der Waals surface area contributed by atoms with Crippen molar-refractivity contribution in [3.63, 3.8) is 0 Å². The van der Waals surface area contributed by atoms with Crippen LogP contribution in [-0.2, 0) is 0 Å². The van der Waals surface area contributed by atoms with Gasteiger partial charge in [0.15, 0.2) is 0 Å². The third-order valence-corrected chi connectivity index (χ3v) is 3.09. The summed E-state index contributed by atoms with van der Waals surface area (Å²) in [5.41, 5.74) is 2.01. The van der Waals surface area contributed by atoms with Crippen molar-refractivity contribution in [3.8, 4) is 0 Å². The van der Waals surface area contributed by atoms with Crippen LogP contribution in [-0.4, -0.2) is 47.6 Å². The molecule has 0 aliphatic carbocycles. The number of hydrogen-bond donors (Lipinski definition) is 2. The summed E-state index contributed by atoms with van der Waals surface area (Å²) in [7, 11) is 3.47. The molecule has 0 aliphatic rings. The van der Waals surface area contributed by atoms with Gasteiger partial charge in [0.1, 0.15) is 5.69 Å². The summed E-state index contributed by atoms with van der Waals surface area (Å²) >= 11 is 0. The standard InChI is InChI=1S/C15H19N3O2/c1-10(19)9-18(3)15(20)14-8-13(16-2)11-6-4-5-7-12(11)17-14/h4-8,10,19H,9H2,1-3H3,(H,16,17). The Morgan fingerprint density at radius 2 is 2.15 bits per heavy atom. The molecule has 5 heteroatoms. The maximum atomic E-state index is 12.3. The highest BCUT2D eigenvalue weighted by Gasteiger charge is 2.16. The fraction of sp³-hybridized carbons (Fsp3) is 0.333. The van der Waals surface area contributed by atoms with Crippen LogP contribution in [0.4, 0.5) is 5.69 Å². The molecule has 2 N–H and O–H groups in total. The number of anilines is 1. The van der Waals surface area contributed by atoms with Crippen molar-refractivity contribution in [2.24, 2.45) is 0 Å². The van der Waals surface area contributed by atoms with E-state index < -0.39 is 6.10 Å². The fourth-order valence-corrected chi connectivity index (χ4v) is 2.17. The van der Waals surface area contributed by atoms with E-state index in [1.165, 1.54) is 4.90 Å². The van der Waals surface area contributed by atoms with Gasteiger partial charge in [-0.05, 0) is 19.1 Å². The molecular weight excluding hydrogens is 254 g/mol. The number of aliphatic hydroxyl groups is 1. The summed E-state index contributed by atoms with van der Waals surface area (Å²) in [5.74, 6) is -0.201. The van der Waals surface area contributed by atoms with Gasteiger partial charge in [-0.15, -0.1) is 0 Å². The molecule has 0 saturated heterocycles. The van der Waals surface area contributed by atoms with Gasteiger partial charge in [0, 0.05) is 31.7 Å². The Morgan fingerprint density at radius 1 is 1.45 bits per heavy atom. The molecule has 1 unspecified atom stereocenters. The molecule has 2 rings (SSSR count). The molecule has 0 aliphatic heterocycles. The van der Waals surface area contributed by atoms with Crippen LogP contribution in [0.15, 0.2) is 30.3 Å². The first-order valence-electron chi connectivity index (χ1n) is 6.54. The molecule has 0 spiro atoms. The summed E-state index contributed by atoms with van der Waals surface area (Å²) in [6.07, 6.45) is -0.562. The lowest BCUT2D eigenvalue weighted by Gasteiger charge is -2.19. The number of nitrogens with zero attached hydrogens (tertiary/aromatic N) is 2. The van der Waals surface area contributed by atoms with Gasteiger partial charge < -0.3 is 15.3 Å². The Hall–Kier alpha value is -2.14. The molecule has 1 heterocycles. The summed E-state index contributed by atoms with van der Waals surface area (Å²) < 4.78 is 0. The molecule has 2 aromatic rings. The highest BCUT2D eigenvalue weighted by atomic mass is 16.3. The molecule has 0 bridgehead atoms. The van der Waals surface area contributed by atoms with Crippen LogP contribution >= 0.6 is 0 Å². The Bertz CT molecular complexity index is 626. The second-order valence-corrected chi connectivity index (χ2v) is 4.86. The van der Waals surface area contributed by atoms with Gasteiger partial charge in [0.2, 0.25) is 0 Å². The Labute approximate surface area is 118 Å². The van der Waals surface area contributed by atoms with Crippen LogP contribution in [0.3, 0.4) is 0 Å². The highest BCUT2D eigenvalue weighted by Crippen LogP contribution is 2.23. The highest BCUT2D eigenvalue weighted by molar-refractivity contribution is 5.99. The van der Waals surface area contributed by atoms with Crippen molar-refractivity contribution in [2.75, 3.05) is 26.0 Å². The number of hydrogen-bond acceptors (Lipinski definition) is 4. The monoisotopic (exact) mass is 273 g/mol. The summed E-state index contributed by atoms with van der Waals surface area (Å²) in [5, 5.41) is 13.4. The van der Waals surface area contributed by atoms with Gasteiger partial charge in [-0.25, -0.2) is 4.98 Å². The van der Waals surface area contributed by atoms with Gasteiger partial charge >= 0.3 is 0 Å².